The van der Waals surface area contributed by atoms with E-state index in [1.807, 2.05) is 13.0 Å². The number of hydrogen-bond acceptors (Lipinski definition) is 6. The molecule has 2 saturated heterocycles. The number of nitrogens with zero attached hydrogens (tertiary/aromatic N) is 3. The first-order valence-electron chi connectivity index (χ1n) is 8.02. The molecule has 2 N–H and O–H groups in total. The van der Waals surface area contributed by atoms with E-state index in [0.717, 1.165) is 37.4 Å². The summed E-state index contributed by atoms with van der Waals surface area (Å²) in [6, 6.07) is 5.85. The Labute approximate surface area is 136 Å². The summed E-state index contributed by atoms with van der Waals surface area (Å²) in [6.45, 7) is 5.19. The highest BCUT2D eigenvalue weighted by molar-refractivity contribution is 5.54. The average molecular weight is 317 g/mol. The smallest absolute Gasteiger partial charge is 0.146 e. The van der Waals surface area contributed by atoms with E-state index in [0.29, 0.717) is 12.0 Å². The van der Waals surface area contributed by atoms with Crippen LogP contribution in [-0.4, -0.2) is 52.2 Å². The maximum atomic E-state index is 10.4. The summed E-state index contributed by atoms with van der Waals surface area (Å²) in [5.41, 5.74) is -0.0341. The van der Waals surface area contributed by atoms with Crippen molar-refractivity contribution >= 4 is 5.82 Å². The molecule has 1 aromatic rings. The lowest BCUT2D eigenvalue weighted by Crippen LogP contribution is -2.59. The molecule has 1 spiro atoms. The van der Waals surface area contributed by atoms with Crippen LogP contribution >= 0.6 is 0 Å². The number of ether oxygens (including phenoxy) is 1. The zero-order valence-electron chi connectivity index (χ0n) is 13.6. The number of rotatable bonds is 1. The van der Waals surface area contributed by atoms with Crippen LogP contribution < -0.4 is 4.90 Å². The van der Waals surface area contributed by atoms with E-state index in [1.165, 1.54) is 0 Å². The molecule has 3 rings (SSSR count). The minimum Gasteiger partial charge on any atom is -0.388 e. The molecule has 0 saturated carbocycles. The molecule has 124 valence electrons. The number of hydrogen-bond donors (Lipinski definition) is 2. The van der Waals surface area contributed by atoms with Gasteiger partial charge in [0, 0.05) is 25.2 Å². The van der Waals surface area contributed by atoms with E-state index in [2.05, 4.69) is 16.0 Å². The Kier molecular flexibility index (Phi) is 4.05. The van der Waals surface area contributed by atoms with E-state index in [1.54, 1.807) is 13.0 Å². The van der Waals surface area contributed by atoms with Gasteiger partial charge in [-0.2, -0.15) is 5.26 Å². The molecule has 3 heterocycles. The van der Waals surface area contributed by atoms with Gasteiger partial charge < -0.3 is 19.8 Å². The van der Waals surface area contributed by atoms with Gasteiger partial charge in [0.1, 0.15) is 18.0 Å². The zero-order valence-corrected chi connectivity index (χ0v) is 13.6. The van der Waals surface area contributed by atoms with Crippen LogP contribution in [0.4, 0.5) is 5.82 Å². The van der Waals surface area contributed by atoms with E-state index in [9.17, 15) is 15.5 Å². The van der Waals surface area contributed by atoms with Crippen molar-refractivity contribution in [3.05, 3.63) is 23.4 Å². The summed E-state index contributed by atoms with van der Waals surface area (Å²) in [5, 5.41) is 29.5. The summed E-state index contributed by atoms with van der Waals surface area (Å²) in [7, 11) is 0. The highest BCUT2D eigenvalue weighted by Crippen LogP contribution is 2.40. The van der Waals surface area contributed by atoms with Gasteiger partial charge in [0.15, 0.2) is 0 Å². The van der Waals surface area contributed by atoms with Gasteiger partial charge in [0.2, 0.25) is 0 Å². The Morgan fingerprint density at radius 1 is 1.39 bits per heavy atom. The lowest BCUT2D eigenvalue weighted by molar-refractivity contribution is -0.216. The Hall–Kier alpha value is -1.68. The molecule has 2 aliphatic heterocycles. The maximum Gasteiger partial charge on any atom is 0.146 e. The molecular weight excluding hydrogens is 294 g/mol. The second kappa shape index (κ2) is 5.75. The van der Waals surface area contributed by atoms with Gasteiger partial charge in [-0.1, -0.05) is 0 Å². The first kappa shape index (κ1) is 16.2. The van der Waals surface area contributed by atoms with Crippen LogP contribution in [0.25, 0.3) is 0 Å². The SMILES string of the molecule is Cc1ccc(C#N)c(N2CCC3(CC2)C[C@](C)(O)[C@@H](O)CO3)n1. The molecule has 2 aliphatic rings. The number of aliphatic hydroxyl groups excluding tert-OH is 1. The summed E-state index contributed by atoms with van der Waals surface area (Å²) in [4.78, 5) is 6.63. The Morgan fingerprint density at radius 3 is 2.70 bits per heavy atom. The second-order valence-corrected chi connectivity index (χ2v) is 6.97. The molecule has 0 bridgehead atoms. The molecule has 23 heavy (non-hydrogen) atoms. The van der Waals surface area contributed by atoms with Crippen molar-refractivity contribution in [2.75, 3.05) is 24.6 Å². The number of aliphatic hydroxyl groups is 2. The highest BCUT2D eigenvalue weighted by Gasteiger charge is 2.48. The average Bonchev–Trinajstić information content (AvgIpc) is 2.52. The van der Waals surface area contributed by atoms with Gasteiger partial charge in [-0.05, 0) is 38.8 Å². The maximum absolute atomic E-state index is 10.4. The van der Waals surface area contributed by atoms with Gasteiger partial charge in [0.05, 0.1) is 23.4 Å². The topological polar surface area (TPSA) is 89.6 Å². The number of aromatic nitrogens is 1. The van der Waals surface area contributed by atoms with Gasteiger partial charge in [0.25, 0.3) is 0 Å². The van der Waals surface area contributed by atoms with E-state index in [4.69, 9.17) is 4.74 Å². The quantitative estimate of drug-likeness (QED) is 0.807. The highest BCUT2D eigenvalue weighted by atomic mass is 16.5. The summed E-state index contributed by atoms with van der Waals surface area (Å²) in [6.07, 6.45) is 1.09. The molecule has 0 amide bonds. The predicted molar refractivity (Wildman–Crippen MR) is 85.1 cm³/mol. The van der Waals surface area contributed by atoms with Crippen LogP contribution in [0.3, 0.4) is 0 Å². The number of anilines is 1. The molecule has 0 aromatic carbocycles. The van der Waals surface area contributed by atoms with E-state index in [-0.39, 0.29) is 6.61 Å². The van der Waals surface area contributed by atoms with Crippen LogP contribution in [-0.2, 0) is 4.74 Å². The first-order chi connectivity index (χ1) is 10.9. The summed E-state index contributed by atoms with van der Waals surface area (Å²) < 4.78 is 5.90. The van der Waals surface area contributed by atoms with Crippen molar-refractivity contribution in [3.63, 3.8) is 0 Å². The third kappa shape index (κ3) is 3.05. The van der Waals surface area contributed by atoms with Crippen LogP contribution in [0.15, 0.2) is 12.1 Å². The van der Waals surface area contributed by atoms with Crippen LogP contribution in [0.2, 0.25) is 0 Å². The van der Waals surface area contributed by atoms with Crippen molar-refractivity contribution in [1.82, 2.24) is 4.98 Å². The fraction of sp³-hybridized carbons (Fsp3) is 0.647. The van der Waals surface area contributed by atoms with E-state index < -0.39 is 17.3 Å². The number of nitriles is 1. The zero-order chi connectivity index (χ0) is 16.7. The second-order valence-electron chi connectivity index (χ2n) is 6.97. The van der Waals surface area contributed by atoms with Crippen LogP contribution in [0, 0.1) is 18.3 Å². The van der Waals surface area contributed by atoms with Gasteiger partial charge in [-0.15, -0.1) is 0 Å². The summed E-state index contributed by atoms with van der Waals surface area (Å²) in [5.74, 6) is 0.727. The Morgan fingerprint density at radius 2 is 2.09 bits per heavy atom. The lowest BCUT2D eigenvalue weighted by atomic mass is 9.76. The fourth-order valence-electron chi connectivity index (χ4n) is 3.57. The minimum absolute atomic E-state index is 0.166. The predicted octanol–water partition coefficient (Wildman–Crippen LogP) is 1.13. The molecule has 2 fully saturated rings. The van der Waals surface area contributed by atoms with Gasteiger partial charge >= 0.3 is 0 Å². The van der Waals surface area contributed by atoms with Crippen LogP contribution in [0.1, 0.15) is 37.4 Å². The third-order valence-corrected chi connectivity index (χ3v) is 5.05. The molecule has 6 heteroatoms. The third-order valence-electron chi connectivity index (χ3n) is 5.05. The monoisotopic (exact) mass is 317 g/mol. The van der Waals surface area contributed by atoms with Crippen molar-refractivity contribution in [2.45, 2.75) is 50.4 Å². The molecule has 6 nitrogen and oxygen atoms in total. The van der Waals surface area contributed by atoms with Crippen LogP contribution in [0.5, 0.6) is 0 Å². The van der Waals surface area contributed by atoms with Crippen molar-refractivity contribution in [1.29, 1.82) is 5.26 Å². The number of pyridine rings is 1. The molecule has 0 unspecified atom stereocenters. The normalized spacial score (nSPS) is 30.2. The molecule has 2 atom stereocenters. The van der Waals surface area contributed by atoms with Crippen molar-refractivity contribution < 1.29 is 14.9 Å². The number of piperidine rings is 1. The molecular formula is C17H23N3O3. The molecule has 0 aliphatic carbocycles. The standard InChI is InChI=1S/C17H23N3O3/c1-12-3-4-13(9-18)15(19-12)20-7-5-17(6-8-20)11-16(2,22)14(21)10-23-17/h3-4,14,21-22H,5-8,10-11H2,1-2H3/t14-,16-/m0/s1. The van der Waals surface area contributed by atoms with Gasteiger partial charge in [-0.3, -0.25) is 0 Å². The van der Waals surface area contributed by atoms with E-state index >= 15 is 0 Å². The summed E-state index contributed by atoms with van der Waals surface area (Å²) >= 11 is 0. The Balaban J connectivity index is 1.75. The fourth-order valence-corrected chi connectivity index (χ4v) is 3.57. The molecule has 1 aromatic heterocycles. The largest absolute Gasteiger partial charge is 0.388 e. The lowest BCUT2D eigenvalue weighted by Gasteiger charge is -2.50. The molecule has 0 radical (unpaired) electrons. The Bertz CT molecular complexity index is 630. The van der Waals surface area contributed by atoms with Crippen molar-refractivity contribution in [3.8, 4) is 6.07 Å². The first-order valence-corrected chi connectivity index (χ1v) is 8.02. The van der Waals surface area contributed by atoms with Crippen molar-refractivity contribution in [2.24, 2.45) is 0 Å². The minimum atomic E-state index is -1.11. The van der Waals surface area contributed by atoms with Gasteiger partial charge in [-0.25, -0.2) is 4.98 Å². The number of aryl methyl sites for hydroxylation is 1.